The lowest BCUT2D eigenvalue weighted by Gasteiger charge is -2.16. The van der Waals surface area contributed by atoms with Crippen LogP contribution in [0.5, 0.6) is 0 Å². The molecular formula is C15H17N4O2+. The van der Waals surface area contributed by atoms with Crippen molar-refractivity contribution in [2.45, 2.75) is 6.17 Å². The van der Waals surface area contributed by atoms with Crippen molar-refractivity contribution < 1.29 is 9.82 Å². The second-order valence-electron chi connectivity index (χ2n) is 4.88. The molecule has 6 heteroatoms. The Hall–Kier alpha value is -2.60. The lowest BCUT2D eigenvalue weighted by molar-refractivity contribution is -0.892. The van der Waals surface area contributed by atoms with Crippen molar-refractivity contribution in [1.82, 2.24) is 0 Å². The third-order valence-corrected chi connectivity index (χ3v) is 3.01. The minimum Gasteiger partial charge on any atom is -0.314 e. The van der Waals surface area contributed by atoms with Gasteiger partial charge in [0, 0.05) is 17.7 Å². The van der Waals surface area contributed by atoms with E-state index in [9.17, 15) is 10.1 Å². The maximum Gasteiger partial charge on any atom is 0.269 e. The lowest BCUT2D eigenvalue weighted by Crippen LogP contribution is -3.05. The Kier molecular flexibility index (Phi) is 4.73. The average Bonchev–Trinajstić information content (AvgIpc) is 2.48. The zero-order valence-electron chi connectivity index (χ0n) is 11.9. The summed E-state index contributed by atoms with van der Waals surface area (Å²) in [5.74, 6) is 0. The first-order valence-corrected chi connectivity index (χ1v) is 6.58. The number of azo groups is 1. The first kappa shape index (κ1) is 14.8. The van der Waals surface area contributed by atoms with Gasteiger partial charge in [-0.05, 0) is 12.1 Å². The minimum absolute atomic E-state index is 0.0480. The molecule has 0 spiro atoms. The number of nitro benzene ring substituents is 1. The summed E-state index contributed by atoms with van der Waals surface area (Å²) in [4.78, 5) is 11.3. The Morgan fingerprint density at radius 2 is 1.67 bits per heavy atom. The van der Waals surface area contributed by atoms with E-state index < -0.39 is 4.92 Å². The van der Waals surface area contributed by atoms with Crippen LogP contribution >= 0.6 is 0 Å². The summed E-state index contributed by atoms with van der Waals surface area (Å²) in [5.41, 5.74) is 1.72. The fourth-order valence-corrected chi connectivity index (χ4v) is 1.92. The normalized spacial score (nSPS) is 12.7. The van der Waals surface area contributed by atoms with Crippen molar-refractivity contribution in [2.75, 3.05) is 14.1 Å². The van der Waals surface area contributed by atoms with Gasteiger partial charge in [-0.3, -0.25) is 10.1 Å². The predicted molar refractivity (Wildman–Crippen MR) is 79.6 cm³/mol. The van der Waals surface area contributed by atoms with Crippen molar-refractivity contribution in [1.29, 1.82) is 0 Å². The van der Waals surface area contributed by atoms with Crippen molar-refractivity contribution in [2.24, 2.45) is 10.2 Å². The first-order chi connectivity index (χ1) is 10.1. The van der Waals surface area contributed by atoms with Crippen LogP contribution in [0.3, 0.4) is 0 Å². The van der Waals surface area contributed by atoms with Crippen LogP contribution in [0.1, 0.15) is 11.7 Å². The standard InChI is InChI=1S/C15H16N4O2/c1-18(2)15(12-6-4-3-5-7-12)17-16-13-8-10-14(11-9-13)19(20)21/h3-11,15H,1-2H3/p+1/t15-/m1/s1. The molecule has 108 valence electrons. The van der Waals surface area contributed by atoms with E-state index >= 15 is 0 Å². The summed E-state index contributed by atoms with van der Waals surface area (Å²) in [5, 5.41) is 19.1. The number of nitro groups is 1. The van der Waals surface area contributed by atoms with Crippen LogP contribution < -0.4 is 4.90 Å². The highest BCUT2D eigenvalue weighted by molar-refractivity contribution is 5.43. The molecular weight excluding hydrogens is 268 g/mol. The number of hydrogen-bond donors (Lipinski definition) is 1. The molecule has 0 radical (unpaired) electrons. The van der Waals surface area contributed by atoms with Gasteiger partial charge < -0.3 is 4.90 Å². The van der Waals surface area contributed by atoms with Crippen LogP contribution in [-0.2, 0) is 0 Å². The average molecular weight is 285 g/mol. The van der Waals surface area contributed by atoms with E-state index in [0.717, 1.165) is 10.5 Å². The van der Waals surface area contributed by atoms with Gasteiger partial charge >= 0.3 is 0 Å². The zero-order valence-corrected chi connectivity index (χ0v) is 11.9. The van der Waals surface area contributed by atoms with Crippen LogP contribution in [-0.4, -0.2) is 19.0 Å². The summed E-state index contributed by atoms with van der Waals surface area (Å²) < 4.78 is 0. The van der Waals surface area contributed by atoms with E-state index in [4.69, 9.17) is 0 Å². The summed E-state index contributed by atoms with van der Waals surface area (Å²) in [7, 11) is 4.01. The third kappa shape index (κ3) is 3.93. The van der Waals surface area contributed by atoms with Crippen LogP contribution in [0.2, 0.25) is 0 Å². The summed E-state index contributed by atoms with van der Waals surface area (Å²) in [6, 6.07) is 15.9. The fourth-order valence-electron chi connectivity index (χ4n) is 1.92. The Morgan fingerprint density at radius 3 is 2.19 bits per heavy atom. The van der Waals surface area contributed by atoms with Crippen molar-refractivity contribution >= 4 is 11.4 Å². The molecule has 0 fully saturated rings. The topological polar surface area (TPSA) is 72.3 Å². The number of rotatable bonds is 5. The van der Waals surface area contributed by atoms with Gasteiger partial charge in [0.1, 0.15) is 0 Å². The first-order valence-electron chi connectivity index (χ1n) is 6.58. The van der Waals surface area contributed by atoms with Crippen molar-refractivity contribution in [3.05, 3.63) is 70.3 Å². The molecule has 0 unspecified atom stereocenters. The van der Waals surface area contributed by atoms with E-state index in [1.54, 1.807) is 12.1 Å². The largest absolute Gasteiger partial charge is 0.314 e. The highest BCUT2D eigenvalue weighted by atomic mass is 16.6. The predicted octanol–water partition coefficient (Wildman–Crippen LogP) is 2.52. The Bertz CT molecular complexity index is 624. The molecule has 2 aromatic carbocycles. The van der Waals surface area contributed by atoms with Gasteiger partial charge in [-0.1, -0.05) is 30.3 Å². The maximum atomic E-state index is 10.6. The van der Waals surface area contributed by atoms with Crippen molar-refractivity contribution in [3.63, 3.8) is 0 Å². The summed E-state index contributed by atoms with van der Waals surface area (Å²) in [6.45, 7) is 0. The molecule has 0 saturated carbocycles. The van der Waals surface area contributed by atoms with Gasteiger partial charge in [-0.25, -0.2) is 0 Å². The van der Waals surface area contributed by atoms with Gasteiger partial charge in [0.2, 0.25) is 6.17 Å². The van der Waals surface area contributed by atoms with Crippen LogP contribution in [0.4, 0.5) is 11.4 Å². The summed E-state index contributed by atoms with van der Waals surface area (Å²) in [6.07, 6.45) is -0.110. The Morgan fingerprint density at radius 1 is 1.05 bits per heavy atom. The number of hydrogen-bond acceptors (Lipinski definition) is 4. The molecule has 1 atom stereocenters. The molecule has 0 aliphatic rings. The van der Waals surface area contributed by atoms with Crippen LogP contribution in [0, 0.1) is 10.1 Å². The van der Waals surface area contributed by atoms with Gasteiger partial charge in [-0.15, -0.1) is 5.11 Å². The van der Waals surface area contributed by atoms with Crippen LogP contribution in [0.15, 0.2) is 64.8 Å². The minimum atomic E-state index is -0.433. The maximum absolute atomic E-state index is 10.6. The highest BCUT2D eigenvalue weighted by Crippen LogP contribution is 2.20. The number of nitrogens with zero attached hydrogens (tertiary/aromatic N) is 3. The molecule has 0 aromatic heterocycles. The smallest absolute Gasteiger partial charge is 0.269 e. The van der Waals surface area contributed by atoms with E-state index in [-0.39, 0.29) is 11.9 Å². The third-order valence-electron chi connectivity index (χ3n) is 3.01. The fraction of sp³-hybridized carbons (Fsp3) is 0.200. The molecule has 0 saturated heterocycles. The van der Waals surface area contributed by atoms with Crippen LogP contribution in [0.25, 0.3) is 0 Å². The number of benzene rings is 2. The SMILES string of the molecule is C[NH+](C)[C@@H](N=Nc1ccc([N+](=O)[O-])cc1)c1ccccc1. The van der Waals surface area contributed by atoms with Gasteiger partial charge in [0.15, 0.2) is 0 Å². The number of nitrogens with one attached hydrogen (secondary N) is 1. The monoisotopic (exact) mass is 285 g/mol. The molecule has 6 nitrogen and oxygen atoms in total. The van der Waals surface area contributed by atoms with E-state index in [0.29, 0.717) is 5.69 Å². The number of quaternary nitrogens is 1. The van der Waals surface area contributed by atoms with Gasteiger partial charge in [-0.2, -0.15) is 5.11 Å². The molecule has 0 aliphatic carbocycles. The highest BCUT2D eigenvalue weighted by Gasteiger charge is 2.16. The second kappa shape index (κ2) is 6.71. The zero-order chi connectivity index (χ0) is 15.2. The Balaban J connectivity index is 2.19. The molecule has 1 N–H and O–H groups in total. The number of non-ortho nitro benzene ring substituents is 1. The Labute approximate surface area is 122 Å². The van der Waals surface area contributed by atoms with E-state index in [1.165, 1.54) is 12.1 Å². The molecule has 2 rings (SSSR count). The lowest BCUT2D eigenvalue weighted by atomic mass is 10.2. The van der Waals surface area contributed by atoms with E-state index in [1.807, 2.05) is 44.4 Å². The molecule has 0 aliphatic heterocycles. The van der Waals surface area contributed by atoms with Gasteiger partial charge in [0.25, 0.3) is 5.69 Å². The van der Waals surface area contributed by atoms with E-state index in [2.05, 4.69) is 10.2 Å². The summed E-state index contributed by atoms with van der Waals surface area (Å²) >= 11 is 0. The molecule has 0 amide bonds. The molecule has 0 heterocycles. The van der Waals surface area contributed by atoms with Crippen molar-refractivity contribution in [3.8, 4) is 0 Å². The second-order valence-corrected chi connectivity index (χ2v) is 4.88. The molecule has 21 heavy (non-hydrogen) atoms. The molecule has 0 bridgehead atoms. The quantitative estimate of drug-likeness (QED) is 0.521. The van der Waals surface area contributed by atoms with Gasteiger partial charge in [0.05, 0.1) is 24.7 Å². The molecule has 2 aromatic rings.